The van der Waals surface area contributed by atoms with Gasteiger partial charge in [0.15, 0.2) is 0 Å². The first-order chi connectivity index (χ1) is 5.91. The monoisotopic (exact) mass is 246 g/mol. The van der Waals surface area contributed by atoms with Crippen molar-refractivity contribution in [1.29, 1.82) is 0 Å². The third-order valence-corrected chi connectivity index (χ3v) is 1.46. The molecule has 6 nitrogen and oxygen atoms in total. The number of unbranched alkanes of at least 4 members (excludes halogenated alkanes) is 5. The molecule has 15 heavy (non-hydrogen) atoms. The van der Waals surface area contributed by atoms with Gasteiger partial charge in [-0.2, -0.15) is 8.42 Å². The third kappa shape index (κ3) is 83.5. The van der Waals surface area contributed by atoms with Gasteiger partial charge < -0.3 is 12.3 Å². The van der Waals surface area contributed by atoms with Crippen LogP contribution in [0.2, 0.25) is 0 Å². The maximum atomic E-state index is 8.74. The van der Waals surface area contributed by atoms with E-state index in [1.807, 2.05) is 0 Å². The average Bonchev–Trinajstić information content (AvgIpc) is 1.95. The summed E-state index contributed by atoms with van der Waals surface area (Å²) >= 11 is 0. The number of hydrogen-bond donors (Lipinski definition) is 4. The van der Waals surface area contributed by atoms with E-state index in [2.05, 4.69) is 13.8 Å². The molecule has 0 heterocycles. The Morgan fingerprint density at radius 3 is 1.13 bits per heavy atom. The minimum atomic E-state index is -4.67. The summed E-state index contributed by atoms with van der Waals surface area (Å²) in [5.74, 6) is 0. The van der Waals surface area contributed by atoms with Gasteiger partial charge in [-0.25, -0.2) is 0 Å². The molecule has 98 valence electrons. The summed E-state index contributed by atoms with van der Waals surface area (Å²) in [6, 6.07) is 0. The molecule has 0 fully saturated rings. The van der Waals surface area contributed by atoms with Crippen LogP contribution in [0.1, 0.15) is 52.4 Å². The predicted octanol–water partition coefficient (Wildman–Crippen LogP) is 3.04. The zero-order chi connectivity index (χ0) is 10.7. The molecule has 0 saturated heterocycles. The predicted molar refractivity (Wildman–Crippen MR) is 63.3 cm³/mol. The van der Waals surface area contributed by atoms with Gasteiger partial charge in [-0.15, -0.1) is 0 Å². The van der Waals surface area contributed by atoms with Gasteiger partial charge in [0.25, 0.3) is 0 Å². The Bertz CT molecular complexity index is 169. The summed E-state index contributed by atoms with van der Waals surface area (Å²) < 4.78 is 31.6. The standard InChI is InChI=1S/C8H18.2H3N.H2O4S/c1-3-5-7-8-6-4-2;;;1-5(2,3)4/h3-8H2,1-2H3;2*1H3;(H2,1,2,3,4). The van der Waals surface area contributed by atoms with Gasteiger partial charge >= 0.3 is 10.4 Å². The summed E-state index contributed by atoms with van der Waals surface area (Å²) in [4.78, 5) is 0. The molecule has 0 amide bonds. The highest BCUT2D eigenvalue weighted by molar-refractivity contribution is 7.79. The first-order valence-electron chi connectivity index (χ1n) is 4.61. The molecule has 0 aliphatic rings. The molecular weight excluding hydrogens is 220 g/mol. The zero-order valence-corrected chi connectivity index (χ0v) is 10.6. The van der Waals surface area contributed by atoms with Crippen molar-refractivity contribution in [2.45, 2.75) is 52.4 Å². The molecule has 0 saturated carbocycles. The van der Waals surface area contributed by atoms with E-state index < -0.39 is 10.4 Å². The molecule has 0 aliphatic carbocycles. The second-order valence-electron chi connectivity index (χ2n) is 2.86. The first kappa shape index (κ1) is 24.2. The molecule has 0 rings (SSSR count). The lowest BCUT2D eigenvalue weighted by Crippen LogP contribution is -1.89. The average molecular weight is 246 g/mol. The van der Waals surface area contributed by atoms with E-state index in [0.717, 1.165) is 0 Å². The van der Waals surface area contributed by atoms with Gasteiger partial charge in [-0.3, -0.25) is 9.11 Å². The molecule has 0 unspecified atom stereocenters. The van der Waals surface area contributed by atoms with Crippen LogP contribution in [0.5, 0.6) is 0 Å². The molecule has 0 spiro atoms. The summed E-state index contributed by atoms with van der Waals surface area (Å²) in [5, 5.41) is 0. The topological polar surface area (TPSA) is 145 Å². The van der Waals surface area contributed by atoms with Crippen molar-refractivity contribution in [2.24, 2.45) is 0 Å². The Balaban J connectivity index is -0.0000000770. The molecule has 0 aromatic carbocycles. The highest BCUT2D eigenvalue weighted by atomic mass is 32.3. The van der Waals surface area contributed by atoms with Crippen LogP contribution in [0.4, 0.5) is 0 Å². The molecule has 0 bridgehead atoms. The van der Waals surface area contributed by atoms with Crippen molar-refractivity contribution in [3.8, 4) is 0 Å². The van der Waals surface area contributed by atoms with E-state index in [1.165, 1.54) is 38.5 Å². The number of hydrogen-bond acceptors (Lipinski definition) is 4. The molecule has 0 aromatic rings. The SMILES string of the molecule is CCCCCCCC.N.N.O=S(=O)(O)O. The summed E-state index contributed by atoms with van der Waals surface area (Å²) in [7, 11) is -4.67. The Kier molecular flexibility index (Phi) is 26.1. The van der Waals surface area contributed by atoms with Gasteiger partial charge in [0, 0.05) is 0 Å². The molecule has 0 atom stereocenters. The van der Waals surface area contributed by atoms with Crippen LogP contribution in [0.15, 0.2) is 0 Å². The second kappa shape index (κ2) is 16.2. The van der Waals surface area contributed by atoms with E-state index in [4.69, 9.17) is 17.5 Å². The van der Waals surface area contributed by atoms with Gasteiger partial charge in [-0.1, -0.05) is 52.4 Å². The number of rotatable bonds is 5. The maximum absolute atomic E-state index is 8.74. The highest BCUT2D eigenvalue weighted by Gasteiger charge is 1.84. The van der Waals surface area contributed by atoms with Crippen LogP contribution in [0.3, 0.4) is 0 Å². The minimum absolute atomic E-state index is 0. The van der Waals surface area contributed by atoms with Crippen LogP contribution >= 0.6 is 0 Å². The fourth-order valence-corrected chi connectivity index (χ4v) is 0.854. The molecule has 7 heteroatoms. The maximum Gasteiger partial charge on any atom is 0.394 e. The lowest BCUT2D eigenvalue weighted by atomic mass is 10.1. The van der Waals surface area contributed by atoms with Gasteiger partial charge in [0.1, 0.15) is 0 Å². The van der Waals surface area contributed by atoms with Gasteiger partial charge in [0.05, 0.1) is 0 Å². The highest BCUT2D eigenvalue weighted by Crippen LogP contribution is 2.03. The van der Waals surface area contributed by atoms with Crippen molar-refractivity contribution in [3.63, 3.8) is 0 Å². The lowest BCUT2D eigenvalue weighted by molar-refractivity contribution is 0.381. The largest absolute Gasteiger partial charge is 0.394 e. The van der Waals surface area contributed by atoms with Crippen molar-refractivity contribution < 1.29 is 17.5 Å². The summed E-state index contributed by atoms with van der Waals surface area (Å²) in [5.41, 5.74) is 0. The normalized spacial score (nSPS) is 9.07. The second-order valence-corrected chi connectivity index (χ2v) is 3.76. The molecule has 0 radical (unpaired) electrons. The summed E-state index contributed by atoms with van der Waals surface area (Å²) in [6.45, 7) is 4.51. The van der Waals surface area contributed by atoms with E-state index in [-0.39, 0.29) is 12.3 Å². The van der Waals surface area contributed by atoms with Crippen LogP contribution in [0, 0.1) is 0 Å². The summed E-state index contributed by atoms with van der Waals surface area (Å²) in [6.07, 6.45) is 8.49. The van der Waals surface area contributed by atoms with E-state index in [0.29, 0.717) is 0 Å². The molecule has 0 aromatic heterocycles. The van der Waals surface area contributed by atoms with E-state index >= 15 is 0 Å². The smallest absolute Gasteiger partial charge is 0.344 e. The van der Waals surface area contributed by atoms with Gasteiger partial charge in [-0.05, 0) is 0 Å². The lowest BCUT2D eigenvalue weighted by Gasteiger charge is -1.93. The fraction of sp³-hybridized carbons (Fsp3) is 1.00. The molecule has 8 N–H and O–H groups in total. The van der Waals surface area contributed by atoms with Crippen molar-refractivity contribution >= 4 is 10.4 Å². The minimum Gasteiger partial charge on any atom is -0.344 e. The quantitative estimate of drug-likeness (QED) is 0.433. The van der Waals surface area contributed by atoms with Crippen LogP contribution < -0.4 is 12.3 Å². The Morgan fingerprint density at radius 1 is 0.800 bits per heavy atom. The van der Waals surface area contributed by atoms with Crippen LogP contribution in [0.25, 0.3) is 0 Å². The Morgan fingerprint density at radius 2 is 1.00 bits per heavy atom. The molecular formula is C8H26N2O4S. The van der Waals surface area contributed by atoms with Crippen molar-refractivity contribution in [3.05, 3.63) is 0 Å². The van der Waals surface area contributed by atoms with Crippen LogP contribution in [-0.4, -0.2) is 17.5 Å². The third-order valence-electron chi connectivity index (χ3n) is 1.46. The Hall–Kier alpha value is -0.210. The van der Waals surface area contributed by atoms with Crippen LogP contribution in [-0.2, 0) is 10.4 Å². The van der Waals surface area contributed by atoms with E-state index in [1.54, 1.807) is 0 Å². The Labute approximate surface area is 93.2 Å². The zero-order valence-electron chi connectivity index (χ0n) is 9.78. The van der Waals surface area contributed by atoms with Crippen molar-refractivity contribution in [1.82, 2.24) is 12.3 Å². The fourth-order valence-electron chi connectivity index (χ4n) is 0.854. The van der Waals surface area contributed by atoms with Crippen molar-refractivity contribution in [2.75, 3.05) is 0 Å². The van der Waals surface area contributed by atoms with E-state index in [9.17, 15) is 0 Å². The molecule has 0 aliphatic heterocycles. The van der Waals surface area contributed by atoms with Gasteiger partial charge in [0.2, 0.25) is 0 Å². The first-order valence-corrected chi connectivity index (χ1v) is 6.01.